The molecule has 0 saturated carbocycles. The van der Waals surface area contributed by atoms with E-state index >= 15 is 0 Å². The molecule has 0 aliphatic rings. The molecule has 0 saturated heterocycles. The van der Waals surface area contributed by atoms with Gasteiger partial charge in [-0.3, -0.25) is 0 Å². The average molecular weight is 275 g/mol. The first-order valence-electron chi connectivity index (χ1n) is 6.44. The molecular formula is C15H21N3S. The van der Waals surface area contributed by atoms with Crippen LogP contribution in [0.15, 0.2) is 24.3 Å². The van der Waals surface area contributed by atoms with Crippen molar-refractivity contribution in [2.24, 2.45) is 5.73 Å². The number of hydrogen-bond donors (Lipinski definition) is 1. The molecule has 0 aliphatic heterocycles. The van der Waals surface area contributed by atoms with E-state index in [4.69, 9.17) is 5.73 Å². The highest BCUT2D eigenvalue weighted by molar-refractivity contribution is 7.12. The Morgan fingerprint density at radius 1 is 1.26 bits per heavy atom. The number of aryl methyl sites for hydroxylation is 1. The van der Waals surface area contributed by atoms with Crippen LogP contribution >= 0.6 is 11.3 Å². The standard InChI is InChI=1S/C15H21N3S/c1-10(16)15-14(17-11(2)19-15)13-7-5-12(6-8-13)9-18(3)4/h5-8,10H,9,16H2,1-4H3. The summed E-state index contributed by atoms with van der Waals surface area (Å²) < 4.78 is 0. The van der Waals surface area contributed by atoms with Crippen LogP contribution in [-0.2, 0) is 6.54 Å². The van der Waals surface area contributed by atoms with Gasteiger partial charge in [-0.15, -0.1) is 11.3 Å². The maximum Gasteiger partial charge on any atom is 0.0905 e. The summed E-state index contributed by atoms with van der Waals surface area (Å²) in [6, 6.07) is 8.63. The highest BCUT2D eigenvalue weighted by atomic mass is 32.1. The lowest BCUT2D eigenvalue weighted by atomic mass is 10.1. The van der Waals surface area contributed by atoms with Crippen molar-refractivity contribution in [3.8, 4) is 11.3 Å². The zero-order chi connectivity index (χ0) is 14.0. The van der Waals surface area contributed by atoms with Crippen molar-refractivity contribution in [3.63, 3.8) is 0 Å². The minimum Gasteiger partial charge on any atom is -0.323 e. The molecule has 1 atom stereocenters. The van der Waals surface area contributed by atoms with Crippen LogP contribution in [-0.4, -0.2) is 24.0 Å². The molecule has 2 N–H and O–H groups in total. The normalized spacial score (nSPS) is 12.9. The summed E-state index contributed by atoms with van der Waals surface area (Å²) >= 11 is 1.69. The Balaban J connectivity index is 2.32. The van der Waals surface area contributed by atoms with Crippen molar-refractivity contribution >= 4 is 11.3 Å². The Bertz CT molecular complexity index is 541. The number of thiazole rings is 1. The first-order valence-corrected chi connectivity index (χ1v) is 7.26. The van der Waals surface area contributed by atoms with E-state index in [2.05, 4.69) is 48.2 Å². The molecule has 2 rings (SSSR count). The fourth-order valence-electron chi connectivity index (χ4n) is 2.09. The molecule has 0 fully saturated rings. The van der Waals surface area contributed by atoms with E-state index in [0.717, 1.165) is 27.7 Å². The highest BCUT2D eigenvalue weighted by Crippen LogP contribution is 2.31. The van der Waals surface area contributed by atoms with Gasteiger partial charge in [0, 0.05) is 23.0 Å². The summed E-state index contributed by atoms with van der Waals surface area (Å²) in [5.41, 5.74) is 9.52. The third kappa shape index (κ3) is 3.41. The zero-order valence-corrected chi connectivity index (χ0v) is 12.8. The minimum atomic E-state index is 0.0302. The van der Waals surface area contributed by atoms with Gasteiger partial charge in [0.25, 0.3) is 0 Å². The summed E-state index contributed by atoms with van der Waals surface area (Å²) in [4.78, 5) is 7.95. The fourth-order valence-corrected chi connectivity index (χ4v) is 2.99. The summed E-state index contributed by atoms with van der Waals surface area (Å²) in [5, 5.41) is 1.07. The predicted molar refractivity (Wildman–Crippen MR) is 82.3 cm³/mol. The summed E-state index contributed by atoms with van der Waals surface area (Å²) in [7, 11) is 4.15. The van der Waals surface area contributed by atoms with Gasteiger partial charge in [0.2, 0.25) is 0 Å². The van der Waals surface area contributed by atoms with E-state index in [1.54, 1.807) is 11.3 Å². The first kappa shape index (κ1) is 14.2. The molecule has 1 aromatic heterocycles. The summed E-state index contributed by atoms with van der Waals surface area (Å²) in [6.07, 6.45) is 0. The van der Waals surface area contributed by atoms with Crippen LogP contribution in [0.25, 0.3) is 11.3 Å². The van der Waals surface area contributed by atoms with E-state index in [-0.39, 0.29) is 6.04 Å². The molecule has 1 heterocycles. The average Bonchev–Trinajstić information content (AvgIpc) is 2.72. The Labute approximate surface area is 119 Å². The third-order valence-electron chi connectivity index (χ3n) is 2.90. The molecule has 19 heavy (non-hydrogen) atoms. The number of rotatable bonds is 4. The maximum atomic E-state index is 6.02. The number of nitrogens with two attached hydrogens (primary N) is 1. The fraction of sp³-hybridized carbons (Fsp3) is 0.400. The van der Waals surface area contributed by atoms with Crippen molar-refractivity contribution in [1.82, 2.24) is 9.88 Å². The Hall–Kier alpha value is -1.23. The van der Waals surface area contributed by atoms with Crippen molar-refractivity contribution < 1.29 is 0 Å². The molecule has 2 aromatic rings. The van der Waals surface area contributed by atoms with Crippen molar-refractivity contribution in [2.75, 3.05) is 14.1 Å². The van der Waals surface area contributed by atoms with Crippen LogP contribution in [0.1, 0.15) is 28.4 Å². The molecule has 0 bridgehead atoms. The van der Waals surface area contributed by atoms with Crippen LogP contribution in [0, 0.1) is 6.92 Å². The van der Waals surface area contributed by atoms with Gasteiger partial charge in [-0.2, -0.15) is 0 Å². The zero-order valence-electron chi connectivity index (χ0n) is 12.0. The lowest BCUT2D eigenvalue weighted by molar-refractivity contribution is 0.402. The summed E-state index contributed by atoms with van der Waals surface area (Å²) in [6.45, 7) is 4.99. The molecule has 102 valence electrons. The highest BCUT2D eigenvalue weighted by Gasteiger charge is 2.14. The molecule has 0 aliphatic carbocycles. The van der Waals surface area contributed by atoms with Gasteiger partial charge >= 0.3 is 0 Å². The number of aromatic nitrogens is 1. The van der Waals surface area contributed by atoms with Gasteiger partial charge in [0.15, 0.2) is 0 Å². The van der Waals surface area contributed by atoms with Crippen molar-refractivity contribution in [1.29, 1.82) is 0 Å². The van der Waals surface area contributed by atoms with Crippen LogP contribution in [0.5, 0.6) is 0 Å². The number of nitrogens with zero attached hydrogens (tertiary/aromatic N) is 2. The monoisotopic (exact) mass is 275 g/mol. The lowest BCUT2D eigenvalue weighted by Gasteiger charge is -2.10. The molecular weight excluding hydrogens is 254 g/mol. The largest absolute Gasteiger partial charge is 0.323 e. The molecule has 3 nitrogen and oxygen atoms in total. The third-order valence-corrected chi connectivity index (χ3v) is 4.07. The van der Waals surface area contributed by atoms with Gasteiger partial charge in [-0.1, -0.05) is 24.3 Å². The van der Waals surface area contributed by atoms with Crippen molar-refractivity contribution in [3.05, 3.63) is 39.7 Å². The summed E-state index contributed by atoms with van der Waals surface area (Å²) in [5.74, 6) is 0. The topological polar surface area (TPSA) is 42.2 Å². The van der Waals surface area contributed by atoms with Gasteiger partial charge in [0.1, 0.15) is 0 Å². The van der Waals surface area contributed by atoms with Gasteiger partial charge in [0.05, 0.1) is 10.7 Å². The molecule has 0 amide bonds. The predicted octanol–water partition coefficient (Wildman–Crippen LogP) is 3.20. The van der Waals surface area contributed by atoms with E-state index in [1.807, 2.05) is 13.8 Å². The van der Waals surface area contributed by atoms with Gasteiger partial charge in [-0.05, 0) is 33.5 Å². The Morgan fingerprint density at radius 3 is 2.42 bits per heavy atom. The quantitative estimate of drug-likeness (QED) is 0.931. The lowest BCUT2D eigenvalue weighted by Crippen LogP contribution is -2.10. The van der Waals surface area contributed by atoms with E-state index in [9.17, 15) is 0 Å². The molecule has 1 unspecified atom stereocenters. The van der Waals surface area contributed by atoms with E-state index < -0.39 is 0 Å². The SMILES string of the molecule is Cc1nc(-c2ccc(CN(C)C)cc2)c(C(C)N)s1. The smallest absolute Gasteiger partial charge is 0.0905 e. The van der Waals surface area contributed by atoms with Crippen LogP contribution in [0.3, 0.4) is 0 Å². The maximum absolute atomic E-state index is 6.02. The number of benzene rings is 1. The minimum absolute atomic E-state index is 0.0302. The number of hydrogen-bond acceptors (Lipinski definition) is 4. The molecule has 1 aromatic carbocycles. The van der Waals surface area contributed by atoms with E-state index in [1.165, 1.54) is 5.56 Å². The molecule has 0 spiro atoms. The van der Waals surface area contributed by atoms with Gasteiger partial charge in [-0.25, -0.2) is 4.98 Å². The van der Waals surface area contributed by atoms with Gasteiger partial charge < -0.3 is 10.6 Å². The van der Waals surface area contributed by atoms with Crippen LogP contribution in [0.4, 0.5) is 0 Å². The molecule has 4 heteroatoms. The first-order chi connectivity index (χ1) is 8.97. The second-order valence-corrected chi connectivity index (χ2v) is 6.40. The van der Waals surface area contributed by atoms with Crippen LogP contribution < -0.4 is 5.73 Å². The molecule has 0 radical (unpaired) electrons. The second-order valence-electron chi connectivity index (χ2n) is 5.17. The Kier molecular flexibility index (Phi) is 4.34. The van der Waals surface area contributed by atoms with Crippen molar-refractivity contribution in [2.45, 2.75) is 26.4 Å². The Morgan fingerprint density at radius 2 is 1.89 bits per heavy atom. The van der Waals surface area contributed by atoms with Crippen LogP contribution in [0.2, 0.25) is 0 Å². The second kappa shape index (κ2) is 5.82. The van der Waals surface area contributed by atoms with E-state index in [0.29, 0.717) is 0 Å².